The van der Waals surface area contributed by atoms with Crippen LogP contribution in [0.2, 0.25) is 0 Å². The van der Waals surface area contributed by atoms with E-state index >= 15 is 0 Å². The zero-order valence-electron chi connectivity index (χ0n) is 23.0. The number of benzene rings is 3. The standard InChI is InChI=1S/C33H43NO2/c1-7-34(8-2)19-20-36-33-29(24(3)4)21-28(22-30(33)25(5)6)32(35)23-31(26-15-11-9-12-16-26)27-17-13-10-14-18-27/h9-18,21-22,24-25,31H,7-8,19-20,23H2,1-6H3. The third-order valence-corrected chi connectivity index (χ3v) is 7.05. The van der Waals surface area contributed by atoms with Crippen molar-refractivity contribution in [2.75, 3.05) is 26.2 Å². The minimum absolute atomic E-state index is 0.0231. The van der Waals surface area contributed by atoms with Crippen molar-refractivity contribution in [3.8, 4) is 5.75 Å². The van der Waals surface area contributed by atoms with Crippen LogP contribution in [-0.4, -0.2) is 36.9 Å². The lowest BCUT2D eigenvalue weighted by Gasteiger charge is -2.24. The fourth-order valence-corrected chi connectivity index (χ4v) is 4.78. The van der Waals surface area contributed by atoms with Crippen LogP contribution in [0.4, 0.5) is 0 Å². The van der Waals surface area contributed by atoms with Gasteiger partial charge < -0.3 is 9.64 Å². The lowest BCUT2D eigenvalue weighted by molar-refractivity contribution is 0.0977. The van der Waals surface area contributed by atoms with Crippen LogP contribution in [0, 0.1) is 0 Å². The highest BCUT2D eigenvalue weighted by Crippen LogP contribution is 2.37. The average molecular weight is 486 g/mol. The maximum atomic E-state index is 13.8. The predicted octanol–water partition coefficient (Wildman–Crippen LogP) is 8.06. The van der Waals surface area contributed by atoms with Crippen molar-refractivity contribution in [1.82, 2.24) is 4.90 Å². The summed E-state index contributed by atoms with van der Waals surface area (Å²) in [6.45, 7) is 16.7. The average Bonchev–Trinajstić information content (AvgIpc) is 2.90. The highest BCUT2D eigenvalue weighted by Gasteiger charge is 2.23. The molecule has 0 amide bonds. The number of ketones is 1. The second-order valence-corrected chi connectivity index (χ2v) is 10.2. The molecule has 0 unspecified atom stereocenters. The molecule has 0 fully saturated rings. The fourth-order valence-electron chi connectivity index (χ4n) is 4.78. The van der Waals surface area contributed by atoms with Gasteiger partial charge in [-0.1, -0.05) is 102 Å². The Labute approximate surface area is 218 Å². The van der Waals surface area contributed by atoms with Crippen molar-refractivity contribution in [3.05, 3.63) is 101 Å². The van der Waals surface area contributed by atoms with E-state index < -0.39 is 0 Å². The zero-order valence-corrected chi connectivity index (χ0v) is 23.0. The molecular weight excluding hydrogens is 442 g/mol. The minimum atomic E-state index is 0.0231. The molecule has 3 aromatic carbocycles. The van der Waals surface area contributed by atoms with Crippen LogP contribution in [0.1, 0.15) is 98.3 Å². The van der Waals surface area contributed by atoms with Gasteiger partial charge >= 0.3 is 0 Å². The van der Waals surface area contributed by atoms with Crippen LogP contribution in [0.25, 0.3) is 0 Å². The van der Waals surface area contributed by atoms with Gasteiger partial charge in [-0.15, -0.1) is 0 Å². The number of ether oxygens (including phenoxy) is 1. The first kappa shape index (κ1) is 27.7. The Kier molecular flexibility index (Phi) is 10.3. The van der Waals surface area contributed by atoms with Crippen molar-refractivity contribution in [1.29, 1.82) is 0 Å². The summed E-state index contributed by atoms with van der Waals surface area (Å²) < 4.78 is 6.43. The normalized spacial score (nSPS) is 11.6. The van der Waals surface area contributed by atoms with Crippen molar-refractivity contribution >= 4 is 5.78 Å². The quantitative estimate of drug-likeness (QED) is 0.229. The van der Waals surface area contributed by atoms with Crippen LogP contribution in [-0.2, 0) is 0 Å². The first-order valence-corrected chi connectivity index (χ1v) is 13.5. The number of hydrogen-bond acceptors (Lipinski definition) is 3. The summed E-state index contributed by atoms with van der Waals surface area (Å²) in [6, 6.07) is 24.9. The van der Waals surface area contributed by atoms with E-state index in [-0.39, 0.29) is 23.5 Å². The number of Topliss-reactive ketones (excluding diaryl/α,β-unsaturated/α-hetero) is 1. The van der Waals surface area contributed by atoms with Crippen molar-refractivity contribution < 1.29 is 9.53 Å². The lowest BCUT2D eigenvalue weighted by atomic mass is 9.84. The highest BCUT2D eigenvalue weighted by molar-refractivity contribution is 5.97. The Bertz CT molecular complexity index is 1020. The number of likely N-dealkylation sites (N-methyl/N-ethyl adjacent to an activating group) is 1. The first-order chi connectivity index (χ1) is 17.3. The van der Waals surface area contributed by atoms with Crippen LogP contribution >= 0.6 is 0 Å². The molecule has 0 atom stereocenters. The SMILES string of the molecule is CCN(CC)CCOc1c(C(C)C)cc(C(=O)CC(c2ccccc2)c2ccccc2)cc1C(C)C. The van der Waals surface area contributed by atoms with Crippen molar-refractivity contribution in [2.24, 2.45) is 0 Å². The molecule has 192 valence electrons. The van der Waals surface area contributed by atoms with E-state index in [1.807, 2.05) is 36.4 Å². The highest BCUT2D eigenvalue weighted by atomic mass is 16.5. The van der Waals surface area contributed by atoms with Crippen LogP contribution in [0.3, 0.4) is 0 Å². The van der Waals surface area contributed by atoms with Gasteiger partial charge in [-0.3, -0.25) is 4.79 Å². The Morgan fingerprint density at radius 3 is 1.67 bits per heavy atom. The Hall–Kier alpha value is -2.91. The summed E-state index contributed by atoms with van der Waals surface area (Å²) in [4.78, 5) is 16.2. The van der Waals surface area contributed by atoms with E-state index in [0.29, 0.717) is 13.0 Å². The van der Waals surface area contributed by atoms with Gasteiger partial charge in [0.15, 0.2) is 5.78 Å². The van der Waals surface area contributed by atoms with Gasteiger partial charge in [-0.25, -0.2) is 0 Å². The molecular formula is C33H43NO2. The van der Waals surface area contributed by atoms with E-state index in [0.717, 1.165) is 42.1 Å². The minimum Gasteiger partial charge on any atom is -0.492 e. The third-order valence-electron chi connectivity index (χ3n) is 7.05. The van der Waals surface area contributed by atoms with Crippen LogP contribution in [0.5, 0.6) is 5.75 Å². The fraction of sp³-hybridized carbons (Fsp3) is 0.424. The van der Waals surface area contributed by atoms with Gasteiger partial charge in [-0.2, -0.15) is 0 Å². The molecule has 0 saturated carbocycles. The van der Waals surface area contributed by atoms with Crippen LogP contribution in [0.15, 0.2) is 72.8 Å². The Balaban J connectivity index is 1.94. The monoisotopic (exact) mass is 485 g/mol. The molecule has 3 nitrogen and oxygen atoms in total. The van der Waals surface area contributed by atoms with Gasteiger partial charge in [0.05, 0.1) is 0 Å². The summed E-state index contributed by atoms with van der Waals surface area (Å²) in [5.41, 5.74) is 5.37. The largest absolute Gasteiger partial charge is 0.492 e. The summed E-state index contributed by atoms with van der Waals surface area (Å²) in [7, 11) is 0. The number of nitrogens with zero attached hydrogens (tertiary/aromatic N) is 1. The molecule has 3 rings (SSSR count). The maximum absolute atomic E-state index is 13.8. The molecule has 0 aliphatic carbocycles. The molecule has 0 spiro atoms. The van der Waals surface area contributed by atoms with E-state index in [2.05, 4.69) is 82.8 Å². The molecule has 0 saturated heterocycles. The van der Waals surface area contributed by atoms with Gasteiger partial charge in [0.1, 0.15) is 12.4 Å². The number of rotatable bonds is 13. The van der Waals surface area contributed by atoms with Crippen LogP contribution < -0.4 is 4.74 Å². The Morgan fingerprint density at radius 1 is 0.778 bits per heavy atom. The number of carbonyl (C=O) groups excluding carboxylic acids is 1. The molecule has 0 aliphatic rings. The topological polar surface area (TPSA) is 29.5 Å². The van der Waals surface area contributed by atoms with E-state index in [1.54, 1.807) is 0 Å². The third kappa shape index (κ3) is 7.07. The van der Waals surface area contributed by atoms with E-state index in [1.165, 1.54) is 11.1 Å². The van der Waals surface area contributed by atoms with E-state index in [9.17, 15) is 4.79 Å². The van der Waals surface area contributed by atoms with Gasteiger partial charge in [0.2, 0.25) is 0 Å². The van der Waals surface area contributed by atoms with Crippen molar-refractivity contribution in [3.63, 3.8) is 0 Å². The van der Waals surface area contributed by atoms with Gasteiger partial charge in [0, 0.05) is 24.4 Å². The molecule has 0 heterocycles. The zero-order chi connectivity index (χ0) is 26.1. The Morgan fingerprint density at radius 2 is 1.25 bits per heavy atom. The lowest BCUT2D eigenvalue weighted by Crippen LogP contribution is -2.28. The first-order valence-electron chi connectivity index (χ1n) is 13.5. The van der Waals surface area contributed by atoms with Crippen molar-refractivity contribution in [2.45, 2.75) is 65.7 Å². The molecule has 0 N–H and O–H groups in total. The number of carbonyl (C=O) groups is 1. The second kappa shape index (κ2) is 13.4. The molecule has 0 aliphatic heterocycles. The number of hydrogen-bond donors (Lipinski definition) is 0. The van der Waals surface area contributed by atoms with E-state index in [4.69, 9.17) is 4.74 Å². The summed E-state index contributed by atoms with van der Waals surface area (Å²) in [5.74, 6) is 1.68. The molecule has 0 aromatic heterocycles. The summed E-state index contributed by atoms with van der Waals surface area (Å²) in [5, 5.41) is 0. The molecule has 0 bridgehead atoms. The summed E-state index contributed by atoms with van der Waals surface area (Å²) in [6.07, 6.45) is 0.436. The molecule has 3 heteroatoms. The smallest absolute Gasteiger partial charge is 0.163 e. The van der Waals surface area contributed by atoms with Gasteiger partial charge in [-0.05, 0) is 59.3 Å². The summed E-state index contributed by atoms with van der Waals surface area (Å²) >= 11 is 0. The molecule has 3 aromatic rings. The molecule has 0 radical (unpaired) electrons. The maximum Gasteiger partial charge on any atom is 0.163 e. The second-order valence-electron chi connectivity index (χ2n) is 10.2. The predicted molar refractivity (Wildman–Crippen MR) is 152 cm³/mol. The molecule has 36 heavy (non-hydrogen) atoms. The van der Waals surface area contributed by atoms with Gasteiger partial charge in [0.25, 0.3) is 0 Å².